The first-order chi connectivity index (χ1) is 19.8. The smallest absolute Gasteiger partial charge is 0.391 e. The molecule has 264 valence electrons. The van der Waals surface area contributed by atoms with Gasteiger partial charge in [0.15, 0.2) is 12.6 Å². The molecule has 2 saturated heterocycles. The van der Waals surface area contributed by atoms with Crippen LogP contribution in [0.25, 0.3) is 0 Å². The van der Waals surface area contributed by atoms with Gasteiger partial charge in [0.1, 0.15) is 48.3 Å². The number of hydrogen-bond acceptors (Lipinski definition) is 18. The average molecular weight is 693 g/mol. The Balaban J connectivity index is 0.000000837. The van der Waals surface area contributed by atoms with E-state index >= 15 is 0 Å². The molecule has 0 aromatic carbocycles. The minimum Gasteiger partial charge on any atom is -0.391 e. The van der Waals surface area contributed by atoms with Gasteiger partial charge in [0.2, 0.25) is 0 Å². The quantitative estimate of drug-likeness (QED) is 0.115. The van der Waals surface area contributed by atoms with E-state index in [1.54, 1.807) is 7.05 Å². The number of nitrogens with one attached hydrogen (secondary N) is 1. The van der Waals surface area contributed by atoms with Gasteiger partial charge in [-0.15, -0.1) is 0 Å². The lowest BCUT2D eigenvalue weighted by molar-refractivity contribution is -0.319. The highest BCUT2D eigenvalue weighted by molar-refractivity contribution is 7.80. The molecule has 1 saturated carbocycles. The van der Waals surface area contributed by atoms with E-state index < -0.39 is 112 Å². The summed E-state index contributed by atoms with van der Waals surface area (Å²) in [7, 11) is -7.76. The maximum atomic E-state index is 11.1. The Labute approximate surface area is 253 Å². The van der Waals surface area contributed by atoms with E-state index in [0.29, 0.717) is 0 Å². The van der Waals surface area contributed by atoms with Crippen LogP contribution in [0.4, 0.5) is 0 Å². The maximum Gasteiger partial charge on any atom is 0.394 e. The highest BCUT2D eigenvalue weighted by Crippen LogP contribution is 2.32. The van der Waals surface area contributed by atoms with Gasteiger partial charge in [-0.05, 0) is 27.3 Å². The van der Waals surface area contributed by atoms with Crippen LogP contribution in [-0.4, -0.2) is 171 Å². The summed E-state index contributed by atoms with van der Waals surface area (Å²) in [6.07, 6.45) is -12.4. The molecule has 22 nitrogen and oxygen atoms in total. The molecular weight excluding hydrogens is 648 g/mol. The van der Waals surface area contributed by atoms with Gasteiger partial charge in [0, 0.05) is 12.1 Å². The molecule has 3 fully saturated rings. The van der Waals surface area contributed by atoms with Crippen molar-refractivity contribution in [2.24, 2.45) is 17.2 Å². The van der Waals surface area contributed by atoms with E-state index in [-0.39, 0.29) is 13.0 Å². The summed E-state index contributed by atoms with van der Waals surface area (Å²) >= 11 is 0. The summed E-state index contributed by atoms with van der Waals surface area (Å²) in [4.78, 5) is 0. The molecule has 2 heterocycles. The predicted molar refractivity (Wildman–Crippen MR) is 144 cm³/mol. The minimum absolute atomic E-state index is 0.135. The molecular formula is C20H44N4O18S2. The van der Waals surface area contributed by atoms with Gasteiger partial charge in [0.05, 0.1) is 24.8 Å². The van der Waals surface area contributed by atoms with Crippen molar-refractivity contribution in [2.75, 3.05) is 13.7 Å². The first kappa shape index (κ1) is 41.2. The van der Waals surface area contributed by atoms with E-state index in [1.165, 1.54) is 13.8 Å². The summed E-state index contributed by atoms with van der Waals surface area (Å²) in [5, 5.41) is 65.2. The van der Waals surface area contributed by atoms with Crippen molar-refractivity contribution in [1.29, 1.82) is 0 Å². The maximum absolute atomic E-state index is 11.1. The zero-order valence-electron chi connectivity index (χ0n) is 23.8. The molecule has 2 aliphatic heterocycles. The lowest BCUT2D eigenvalue weighted by Crippen LogP contribution is -2.69. The SMILES string of the molecule is CNC1C(O)[C@@H](O[C@H]2C(N)C[C@H](N)C(O[C@H]3OC(C(C)O)[C@@H](O)C(O)C3N)C2O)OC[C@]1(C)O.O=S(=O)(O)O.O=S(=O)(O)O. The summed E-state index contributed by atoms with van der Waals surface area (Å²) in [6.45, 7) is 2.75. The van der Waals surface area contributed by atoms with E-state index in [9.17, 15) is 30.6 Å². The van der Waals surface area contributed by atoms with Crippen LogP contribution in [0.1, 0.15) is 20.3 Å². The molecule has 0 radical (unpaired) electrons. The second kappa shape index (κ2) is 16.3. The van der Waals surface area contributed by atoms with Crippen LogP contribution in [0.5, 0.6) is 0 Å². The number of likely N-dealkylation sites (N-methyl/N-ethyl adjacent to an activating group) is 1. The largest absolute Gasteiger partial charge is 0.394 e. The van der Waals surface area contributed by atoms with Crippen molar-refractivity contribution >= 4 is 20.8 Å². The Kier molecular flexibility index (Phi) is 15.3. The fourth-order valence-electron chi connectivity index (χ4n) is 4.95. The van der Waals surface area contributed by atoms with Crippen molar-refractivity contribution in [3.8, 4) is 0 Å². The number of ether oxygens (including phenoxy) is 4. The fourth-order valence-corrected chi connectivity index (χ4v) is 4.95. The second-order valence-electron chi connectivity index (χ2n) is 10.7. The van der Waals surface area contributed by atoms with Gasteiger partial charge in [-0.1, -0.05) is 0 Å². The highest BCUT2D eigenvalue weighted by atomic mass is 32.3. The molecule has 9 unspecified atom stereocenters. The molecule has 0 bridgehead atoms. The first-order valence-corrected chi connectivity index (χ1v) is 15.6. The topological polar surface area (TPSA) is 398 Å². The molecule has 44 heavy (non-hydrogen) atoms. The van der Waals surface area contributed by atoms with Crippen molar-refractivity contribution in [3.63, 3.8) is 0 Å². The second-order valence-corrected chi connectivity index (χ2v) is 12.5. The molecule has 3 rings (SSSR count). The number of nitrogens with two attached hydrogens (primary N) is 3. The number of hydrogen-bond donors (Lipinski definition) is 14. The normalized spacial score (nSPS) is 44.0. The summed E-state index contributed by atoms with van der Waals surface area (Å²) in [5.41, 5.74) is 17.0. The number of rotatable bonds is 6. The highest BCUT2D eigenvalue weighted by Gasteiger charge is 2.52. The van der Waals surface area contributed by atoms with Crippen molar-refractivity contribution < 1.29 is 84.6 Å². The molecule has 15 atom stereocenters. The van der Waals surface area contributed by atoms with Crippen molar-refractivity contribution in [2.45, 2.75) is 111 Å². The third-order valence-electron chi connectivity index (χ3n) is 6.95. The Morgan fingerprint density at radius 2 is 1.27 bits per heavy atom. The molecule has 1 aliphatic carbocycles. The Morgan fingerprint density at radius 3 is 1.68 bits per heavy atom. The Morgan fingerprint density at radius 1 is 0.841 bits per heavy atom. The average Bonchev–Trinajstić information content (AvgIpc) is 2.83. The van der Waals surface area contributed by atoms with Crippen molar-refractivity contribution in [3.05, 3.63) is 0 Å². The summed E-state index contributed by atoms with van der Waals surface area (Å²) < 4.78 is 85.9. The van der Waals surface area contributed by atoms with Crippen LogP contribution in [0.3, 0.4) is 0 Å². The van der Waals surface area contributed by atoms with Gasteiger partial charge in [-0.3, -0.25) is 18.2 Å². The molecule has 24 heteroatoms. The fraction of sp³-hybridized carbons (Fsp3) is 1.00. The van der Waals surface area contributed by atoms with Crippen LogP contribution in [0.2, 0.25) is 0 Å². The molecule has 0 aromatic rings. The van der Waals surface area contributed by atoms with Gasteiger partial charge < -0.3 is 72.1 Å². The van der Waals surface area contributed by atoms with Crippen LogP contribution in [0, 0.1) is 0 Å². The monoisotopic (exact) mass is 692 g/mol. The zero-order chi connectivity index (χ0) is 34.5. The first-order valence-electron chi connectivity index (χ1n) is 12.8. The van der Waals surface area contributed by atoms with E-state index in [2.05, 4.69) is 5.32 Å². The standard InChI is InChI=1S/C20H40N4O10.2H2O4S/c1-6(25)14-11(27)10(26)9(23)18(32-14)33-15-7(21)4-8(22)16(12(15)28)34-19-13(29)17(24-3)20(2,30)5-31-19;2*1-5(2,3)4/h6-19,24-30H,4-5,21-23H2,1-3H3;2*(H2,1,2,3,4)/t6?,7-,8?,9?,10?,11-,12?,13?,14?,15?,16-,17?,18+,19+,20-;;/m0../s1. The van der Waals surface area contributed by atoms with Crippen LogP contribution >= 0.6 is 0 Å². The van der Waals surface area contributed by atoms with E-state index in [1.807, 2.05) is 0 Å². The summed E-state index contributed by atoms with van der Waals surface area (Å²) in [5.74, 6) is 0. The minimum atomic E-state index is -4.67. The molecule has 3 aliphatic rings. The Hall–Kier alpha value is -0.820. The van der Waals surface area contributed by atoms with Gasteiger partial charge >= 0.3 is 20.8 Å². The number of aliphatic hydroxyl groups excluding tert-OH is 5. The molecule has 0 amide bonds. The zero-order valence-corrected chi connectivity index (χ0v) is 25.4. The molecule has 0 aromatic heterocycles. The van der Waals surface area contributed by atoms with Gasteiger partial charge in [-0.25, -0.2) is 0 Å². The van der Waals surface area contributed by atoms with Gasteiger partial charge in [-0.2, -0.15) is 16.8 Å². The Bertz CT molecular complexity index is 1050. The van der Waals surface area contributed by atoms with Gasteiger partial charge in [0.25, 0.3) is 0 Å². The third kappa shape index (κ3) is 12.4. The van der Waals surface area contributed by atoms with Crippen LogP contribution < -0.4 is 22.5 Å². The van der Waals surface area contributed by atoms with E-state index in [4.69, 9.17) is 71.2 Å². The lowest BCUT2D eigenvalue weighted by Gasteiger charge is -2.49. The van der Waals surface area contributed by atoms with Crippen LogP contribution in [-0.2, 0) is 39.7 Å². The molecule has 17 N–H and O–H groups in total. The predicted octanol–water partition coefficient (Wildman–Crippen LogP) is -6.92. The molecule has 0 spiro atoms. The third-order valence-corrected chi connectivity index (χ3v) is 6.95. The number of aliphatic hydroxyl groups is 6. The van der Waals surface area contributed by atoms with E-state index in [0.717, 1.165) is 0 Å². The summed E-state index contributed by atoms with van der Waals surface area (Å²) in [6, 6.07) is -3.47. The van der Waals surface area contributed by atoms with Crippen molar-refractivity contribution in [1.82, 2.24) is 5.32 Å². The lowest BCUT2D eigenvalue weighted by atomic mass is 9.84. The van der Waals surface area contributed by atoms with Crippen LogP contribution in [0.15, 0.2) is 0 Å².